The van der Waals surface area contributed by atoms with Crippen molar-refractivity contribution in [2.75, 3.05) is 7.05 Å². The summed E-state index contributed by atoms with van der Waals surface area (Å²) in [6.07, 6.45) is 0.901. The van der Waals surface area contributed by atoms with E-state index in [4.69, 9.17) is 0 Å². The maximum Gasteiger partial charge on any atom is 0.152 e. The van der Waals surface area contributed by atoms with Crippen LogP contribution in [-0.2, 0) is 4.79 Å². The average Bonchev–Trinajstić information content (AvgIpc) is 1.97. The number of hydrogen-bond donors (Lipinski definition) is 0. The van der Waals surface area contributed by atoms with Gasteiger partial charge in [-0.1, -0.05) is 20.4 Å². The van der Waals surface area contributed by atoms with Crippen LogP contribution in [0.25, 0.3) is 0 Å². The molecular weight excluding hydrogens is 162 g/mol. The van der Waals surface area contributed by atoms with Crippen LogP contribution in [0.3, 0.4) is 0 Å². The van der Waals surface area contributed by atoms with Gasteiger partial charge in [0, 0.05) is 12.7 Å². The smallest absolute Gasteiger partial charge is 0.152 e. The molecule has 0 saturated heterocycles. The topological polar surface area (TPSA) is 20.3 Å². The van der Waals surface area contributed by atoms with Crippen LogP contribution < -0.4 is 0 Å². The van der Waals surface area contributed by atoms with Crippen LogP contribution in [-0.4, -0.2) is 23.8 Å². The maximum absolute atomic E-state index is 11.3. The van der Waals surface area contributed by atoms with Gasteiger partial charge >= 0.3 is 0 Å². The minimum absolute atomic E-state index is 0.00231. The molecule has 0 aromatic heterocycles. The van der Waals surface area contributed by atoms with Crippen molar-refractivity contribution in [2.24, 2.45) is 5.92 Å². The second-order valence-corrected chi connectivity index (χ2v) is 4.10. The highest BCUT2D eigenvalue weighted by Gasteiger charge is 2.20. The standard InChI is InChI=1S/C11H21NO/c1-8(2)7-11(10(5)13)12(6)9(3)4/h8,11H,3,7H2,1-2,4-6H3. The van der Waals surface area contributed by atoms with Crippen LogP contribution >= 0.6 is 0 Å². The van der Waals surface area contributed by atoms with E-state index in [2.05, 4.69) is 20.4 Å². The molecule has 1 unspecified atom stereocenters. The summed E-state index contributed by atoms with van der Waals surface area (Å²) in [6.45, 7) is 11.7. The van der Waals surface area contributed by atoms with Crippen molar-refractivity contribution in [3.8, 4) is 0 Å². The summed E-state index contributed by atoms with van der Waals surface area (Å²) in [6, 6.07) is -0.00231. The summed E-state index contributed by atoms with van der Waals surface area (Å²) in [5.74, 6) is 0.759. The van der Waals surface area contributed by atoms with Crippen LogP contribution in [0, 0.1) is 5.92 Å². The lowest BCUT2D eigenvalue weighted by atomic mass is 9.99. The molecule has 2 heteroatoms. The molecule has 76 valence electrons. The molecule has 0 N–H and O–H groups in total. The third-order valence-electron chi connectivity index (χ3n) is 2.23. The highest BCUT2D eigenvalue weighted by molar-refractivity contribution is 5.81. The van der Waals surface area contributed by atoms with Gasteiger partial charge in [-0.05, 0) is 26.2 Å². The molecule has 0 rings (SSSR count). The number of likely N-dealkylation sites (N-methyl/N-ethyl adjacent to an activating group) is 1. The van der Waals surface area contributed by atoms with Gasteiger partial charge in [0.2, 0.25) is 0 Å². The van der Waals surface area contributed by atoms with Crippen molar-refractivity contribution < 1.29 is 4.79 Å². The van der Waals surface area contributed by atoms with E-state index in [0.29, 0.717) is 5.92 Å². The number of Topliss-reactive ketones (excluding diaryl/α,β-unsaturated/α-hetero) is 1. The maximum atomic E-state index is 11.3. The van der Waals surface area contributed by atoms with Gasteiger partial charge < -0.3 is 4.90 Å². The highest BCUT2D eigenvalue weighted by Crippen LogP contribution is 2.14. The van der Waals surface area contributed by atoms with Crippen LogP contribution in [0.1, 0.15) is 34.1 Å². The number of allylic oxidation sites excluding steroid dienone is 1. The normalized spacial score (nSPS) is 12.8. The zero-order valence-corrected chi connectivity index (χ0v) is 9.42. The summed E-state index contributed by atoms with van der Waals surface area (Å²) in [5, 5.41) is 0. The number of ketones is 1. The van der Waals surface area contributed by atoms with E-state index in [1.807, 2.05) is 18.9 Å². The molecule has 2 nitrogen and oxygen atoms in total. The van der Waals surface area contributed by atoms with Crippen LogP contribution in [0.5, 0.6) is 0 Å². The third kappa shape index (κ3) is 4.11. The largest absolute Gasteiger partial charge is 0.369 e. The van der Waals surface area contributed by atoms with Gasteiger partial charge in [0.05, 0.1) is 6.04 Å². The predicted octanol–water partition coefficient (Wildman–Crippen LogP) is 2.46. The fraction of sp³-hybridized carbons (Fsp3) is 0.727. The average molecular weight is 183 g/mol. The first-order chi connectivity index (χ1) is 5.86. The van der Waals surface area contributed by atoms with Gasteiger partial charge in [-0.15, -0.1) is 0 Å². The van der Waals surface area contributed by atoms with E-state index in [0.717, 1.165) is 12.1 Å². The van der Waals surface area contributed by atoms with Crippen molar-refractivity contribution in [3.63, 3.8) is 0 Å². The summed E-state index contributed by atoms with van der Waals surface area (Å²) in [7, 11) is 1.93. The van der Waals surface area contributed by atoms with Crippen LogP contribution in [0.2, 0.25) is 0 Å². The Hall–Kier alpha value is -0.790. The molecule has 0 aromatic rings. The molecule has 0 aliphatic carbocycles. The highest BCUT2D eigenvalue weighted by atomic mass is 16.1. The molecule has 0 heterocycles. The van der Waals surface area contributed by atoms with Crippen LogP contribution in [0.15, 0.2) is 12.3 Å². The monoisotopic (exact) mass is 183 g/mol. The Labute approximate surface area is 81.6 Å². The second-order valence-electron chi connectivity index (χ2n) is 4.10. The number of rotatable bonds is 5. The van der Waals surface area contributed by atoms with E-state index in [1.54, 1.807) is 6.92 Å². The van der Waals surface area contributed by atoms with Crippen molar-refractivity contribution in [1.29, 1.82) is 0 Å². The second kappa shape index (κ2) is 5.05. The van der Waals surface area contributed by atoms with E-state index in [1.165, 1.54) is 0 Å². The first-order valence-electron chi connectivity index (χ1n) is 4.75. The first-order valence-corrected chi connectivity index (χ1v) is 4.75. The van der Waals surface area contributed by atoms with Gasteiger partial charge in [0.1, 0.15) is 0 Å². The van der Waals surface area contributed by atoms with Gasteiger partial charge in [0.15, 0.2) is 5.78 Å². The van der Waals surface area contributed by atoms with Gasteiger partial charge in [-0.25, -0.2) is 0 Å². The number of hydrogen-bond acceptors (Lipinski definition) is 2. The summed E-state index contributed by atoms with van der Waals surface area (Å²) < 4.78 is 0. The minimum Gasteiger partial charge on any atom is -0.369 e. The minimum atomic E-state index is -0.00231. The summed E-state index contributed by atoms with van der Waals surface area (Å²) in [5.41, 5.74) is 0.945. The lowest BCUT2D eigenvalue weighted by Crippen LogP contribution is -2.36. The zero-order valence-electron chi connectivity index (χ0n) is 9.42. The Morgan fingerprint density at radius 2 is 1.85 bits per heavy atom. The van der Waals surface area contributed by atoms with Crippen molar-refractivity contribution in [1.82, 2.24) is 4.90 Å². The lowest BCUT2D eigenvalue weighted by Gasteiger charge is -2.29. The number of carbonyl (C=O) groups excluding carboxylic acids is 1. The fourth-order valence-electron chi connectivity index (χ4n) is 1.31. The Kier molecular flexibility index (Phi) is 4.74. The Balaban J connectivity index is 4.42. The Morgan fingerprint density at radius 1 is 1.38 bits per heavy atom. The molecule has 0 saturated carbocycles. The molecule has 1 atom stereocenters. The molecule has 13 heavy (non-hydrogen) atoms. The van der Waals surface area contributed by atoms with Crippen molar-refractivity contribution in [2.45, 2.75) is 40.2 Å². The number of carbonyl (C=O) groups is 1. The quantitative estimate of drug-likeness (QED) is 0.652. The molecule has 0 radical (unpaired) electrons. The van der Waals surface area contributed by atoms with Gasteiger partial charge in [-0.2, -0.15) is 0 Å². The third-order valence-corrected chi connectivity index (χ3v) is 2.23. The Morgan fingerprint density at radius 3 is 2.08 bits per heavy atom. The first kappa shape index (κ1) is 12.2. The predicted molar refractivity (Wildman–Crippen MR) is 56.5 cm³/mol. The van der Waals surface area contributed by atoms with E-state index in [9.17, 15) is 4.79 Å². The van der Waals surface area contributed by atoms with E-state index >= 15 is 0 Å². The van der Waals surface area contributed by atoms with Gasteiger partial charge in [-0.3, -0.25) is 4.79 Å². The molecular formula is C11H21NO. The van der Waals surface area contributed by atoms with Crippen molar-refractivity contribution >= 4 is 5.78 Å². The van der Waals surface area contributed by atoms with E-state index in [-0.39, 0.29) is 11.8 Å². The molecule has 0 aliphatic rings. The van der Waals surface area contributed by atoms with Crippen LogP contribution in [0.4, 0.5) is 0 Å². The zero-order chi connectivity index (χ0) is 10.6. The SMILES string of the molecule is C=C(C)N(C)C(CC(C)C)C(C)=O. The molecule has 0 bridgehead atoms. The van der Waals surface area contributed by atoms with E-state index < -0.39 is 0 Å². The summed E-state index contributed by atoms with van der Waals surface area (Å²) >= 11 is 0. The summed E-state index contributed by atoms with van der Waals surface area (Å²) in [4.78, 5) is 13.3. The fourth-order valence-corrected chi connectivity index (χ4v) is 1.31. The molecule has 0 aliphatic heterocycles. The van der Waals surface area contributed by atoms with Gasteiger partial charge in [0.25, 0.3) is 0 Å². The number of nitrogens with zero attached hydrogens (tertiary/aromatic N) is 1. The molecule has 0 spiro atoms. The molecule has 0 fully saturated rings. The molecule has 0 amide bonds. The lowest BCUT2D eigenvalue weighted by molar-refractivity contribution is -0.121. The Bertz CT molecular complexity index is 196. The van der Waals surface area contributed by atoms with Crippen molar-refractivity contribution in [3.05, 3.63) is 12.3 Å². The molecule has 0 aromatic carbocycles.